The highest BCUT2D eigenvalue weighted by molar-refractivity contribution is 5.56. The third-order valence-corrected chi connectivity index (χ3v) is 5.53. The first-order valence-electron chi connectivity index (χ1n) is 10.0. The van der Waals surface area contributed by atoms with E-state index in [0.717, 1.165) is 22.4 Å². The van der Waals surface area contributed by atoms with E-state index in [-0.39, 0.29) is 23.8 Å². The number of hydrogen-bond acceptors (Lipinski definition) is 8. The number of hydrogen-bond donors (Lipinski definition) is 2. The van der Waals surface area contributed by atoms with Crippen molar-refractivity contribution in [3.8, 4) is 23.4 Å². The van der Waals surface area contributed by atoms with Crippen molar-refractivity contribution in [1.82, 2.24) is 10.2 Å². The van der Waals surface area contributed by atoms with Gasteiger partial charge in [-0.2, -0.15) is 5.26 Å². The molecule has 3 N–H and O–H groups in total. The second-order valence-electron chi connectivity index (χ2n) is 7.56. The highest BCUT2D eigenvalue weighted by atomic mass is 16.6. The van der Waals surface area contributed by atoms with Gasteiger partial charge in [0.2, 0.25) is 11.8 Å². The molecule has 3 aromatic rings. The van der Waals surface area contributed by atoms with Crippen LogP contribution in [0.2, 0.25) is 0 Å². The van der Waals surface area contributed by atoms with Gasteiger partial charge in [0.1, 0.15) is 29.7 Å². The second-order valence-corrected chi connectivity index (χ2v) is 7.56. The van der Waals surface area contributed by atoms with Gasteiger partial charge in [-0.3, -0.25) is 15.2 Å². The Labute approximate surface area is 189 Å². The molecule has 10 nitrogen and oxygen atoms in total. The molecule has 0 radical (unpaired) electrons. The fraction of sp³-hybridized carbons (Fsp3) is 0.217. The normalized spacial score (nSPS) is 14.8. The summed E-state index contributed by atoms with van der Waals surface area (Å²) in [5, 5.41) is 27.8. The van der Waals surface area contributed by atoms with Crippen LogP contribution in [-0.2, 0) is 6.61 Å². The van der Waals surface area contributed by atoms with E-state index in [1.807, 2.05) is 19.1 Å². The lowest BCUT2D eigenvalue weighted by atomic mass is 9.83. The number of nitro groups is 1. The number of fused-ring (bicyclic) bond motifs is 1. The number of nitriles is 1. The van der Waals surface area contributed by atoms with Crippen LogP contribution in [0.4, 0.5) is 5.69 Å². The van der Waals surface area contributed by atoms with E-state index in [1.54, 1.807) is 32.2 Å². The van der Waals surface area contributed by atoms with Crippen molar-refractivity contribution < 1.29 is 19.1 Å². The molecule has 0 unspecified atom stereocenters. The first-order valence-corrected chi connectivity index (χ1v) is 10.0. The number of benzene rings is 2. The number of nitro benzene ring substituents is 1. The van der Waals surface area contributed by atoms with Crippen LogP contribution in [0, 0.1) is 35.3 Å². The number of nitrogens with one attached hydrogen (secondary N) is 1. The number of rotatable bonds is 6. The standard InChI is InChI=1S/C23H21N5O5/c1-12-8-16(5-6-18(12)28(29)30)32-11-15-9-14(4-7-19(15)31-3)21-17(10-24)22(25)33-23-20(21)13(2)26-27-23/h4-9,21H,11,25H2,1-3H3,(H,26,27)/t21-/m0/s1. The van der Waals surface area contributed by atoms with Crippen molar-refractivity contribution >= 4 is 5.69 Å². The molecular formula is C23H21N5O5. The minimum Gasteiger partial charge on any atom is -0.496 e. The number of allylic oxidation sites excluding steroid dienone is 1. The lowest BCUT2D eigenvalue weighted by Gasteiger charge is -2.24. The number of H-pyrrole nitrogens is 1. The fourth-order valence-corrected chi connectivity index (χ4v) is 3.91. The molecule has 0 aliphatic carbocycles. The number of ether oxygens (including phenoxy) is 3. The van der Waals surface area contributed by atoms with Crippen LogP contribution in [0.15, 0.2) is 47.9 Å². The Kier molecular flexibility index (Phi) is 5.62. The van der Waals surface area contributed by atoms with Gasteiger partial charge in [0.15, 0.2) is 0 Å². The smallest absolute Gasteiger partial charge is 0.272 e. The monoisotopic (exact) mass is 447 g/mol. The summed E-state index contributed by atoms with van der Waals surface area (Å²) < 4.78 is 16.9. The molecule has 10 heteroatoms. The maximum absolute atomic E-state index is 11.0. The zero-order valence-corrected chi connectivity index (χ0v) is 18.2. The van der Waals surface area contributed by atoms with Gasteiger partial charge in [0, 0.05) is 28.5 Å². The number of aromatic nitrogens is 2. The van der Waals surface area contributed by atoms with Gasteiger partial charge < -0.3 is 19.9 Å². The molecule has 0 bridgehead atoms. The van der Waals surface area contributed by atoms with E-state index in [2.05, 4.69) is 16.3 Å². The zero-order chi connectivity index (χ0) is 23.7. The summed E-state index contributed by atoms with van der Waals surface area (Å²) in [7, 11) is 1.56. The Morgan fingerprint density at radius 1 is 1.30 bits per heavy atom. The molecule has 33 heavy (non-hydrogen) atoms. The van der Waals surface area contributed by atoms with Crippen LogP contribution in [0.1, 0.15) is 33.9 Å². The summed E-state index contributed by atoms with van der Waals surface area (Å²) in [6.07, 6.45) is 0. The largest absolute Gasteiger partial charge is 0.496 e. The molecule has 0 saturated carbocycles. The zero-order valence-electron chi connectivity index (χ0n) is 18.2. The Morgan fingerprint density at radius 3 is 2.76 bits per heavy atom. The van der Waals surface area contributed by atoms with Crippen LogP contribution in [0.3, 0.4) is 0 Å². The first-order chi connectivity index (χ1) is 15.8. The fourth-order valence-electron chi connectivity index (χ4n) is 3.91. The third-order valence-electron chi connectivity index (χ3n) is 5.53. The number of methoxy groups -OCH3 is 1. The topological polar surface area (TPSA) is 149 Å². The van der Waals surface area contributed by atoms with Crippen molar-refractivity contribution in [2.45, 2.75) is 26.4 Å². The lowest BCUT2D eigenvalue weighted by molar-refractivity contribution is -0.385. The van der Waals surface area contributed by atoms with E-state index < -0.39 is 10.8 Å². The maximum atomic E-state index is 11.0. The predicted molar refractivity (Wildman–Crippen MR) is 118 cm³/mol. The van der Waals surface area contributed by atoms with E-state index in [1.165, 1.54) is 6.07 Å². The van der Waals surface area contributed by atoms with Crippen LogP contribution in [0.25, 0.3) is 0 Å². The predicted octanol–water partition coefficient (Wildman–Crippen LogP) is 3.74. The van der Waals surface area contributed by atoms with Crippen LogP contribution < -0.4 is 19.9 Å². The van der Waals surface area contributed by atoms with Crippen molar-refractivity contribution in [2.75, 3.05) is 7.11 Å². The van der Waals surface area contributed by atoms with E-state index >= 15 is 0 Å². The van der Waals surface area contributed by atoms with Crippen LogP contribution in [0.5, 0.6) is 17.4 Å². The van der Waals surface area contributed by atoms with E-state index in [4.69, 9.17) is 19.9 Å². The molecule has 1 aliphatic heterocycles. The lowest BCUT2D eigenvalue weighted by Crippen LogP contribution is -2.21. The first kappa shape index (κ1) is 21.7. The summed E-state index contributed by atoms with van der Waals surface area (Å²) in [5.41, 5.74) is 9.85. The summed E-state index contributed by atoms with van der Waals surface area (Å²) in [5.74, 6) is 0.972. The van der Waals surface area contributed by atoms with Gasteiger partial charge in [-0.15, -0.1) is 5.10 Å². The summed E-state index contributed by atoms with van der Waals surface area (Å²) in [6.45, 7) is 3.65. The number of aryl methyl sites for hydroxylation is 2. The Bertz CT molecular complexity index is 1320. The molecule has 2 aromatic carbocycles. The molecule has 4 rings (SSSR count). The molecule has 168 valence electrons. The average molecular weight is 447 g/mol. The molecular weight excluding hydrogens is 426 g/mol. The van der Waals surface area contributed by atoms with Gasteiger partial charge in [0.05, 0.1) is 18.0 Å². The number of nitrogens with zero attached hydrogens (tertiary/aromatic N) is 3. The average Bonchev–Trinajstić information content (AvgIpc) is 3.16. The molecule has 1 aliphatic rings. The summed E-state index contributed by atoms with van der Waals surface area (Å²) >= 11 is 0. The third kappa shape index (κ3) is 3.92. The van der Waals surface area contributed by atoms with Crippen LogP contribution in [-0.4, -0.2) is 22.2 Å². The summed E-state index contributed by atoms with van der Waals surface area (Å²) in [6, 6.07) is 12.3. The molecule has 0 saturated heterocycles. The van der Waals surface area contributed by atoms with E-state index in [9.17, 15) is 15.4 Å². The highest BCUT2D eigenvalue weighted by Gasteiger charge is 2.34. The Morgan fingerprint density at radius 2 is 2.09 bits per heavy atom. The van der Waals surface area contributed by atoms with Crippen molar-refractivity contribution in [3.63, 3.8) is 0 Å². The molecule has 0 spiro atoms. The molecule has 1 atom stereocenters. The molecule has 1 aromatic heterocycles. The second kappa shape index (κ2) is 8.55. The maximum Gasteiger partial charge on any atom is 0.272 e. The number of aromatic amines is 1. The van der Waals surface area contributed by atoms with Crippen molar-refractivity contribution in [3.05, 3.63) is 85.9 Å². The van der Waals surface area contributed by atoms with Crippen LogP contribution >= 0.6 is 0 Å². The van der Waals surface area contributed by atoms with Crippen molar-refractivity contribution in [2.24, 2.45) is 5.73 Å². The van der Waals surface area contributed by atoms with Gasteiger partial charge >= 0.3 is 0 Å². The Balaban J connectivity index is 1.69. The Hall–Kier alpha value is -4.52. The minimum absolute atomic E-state index is 0.0106. The minimum atomic E-state index is -0.469. The SMILES string of the molecule is COc1ccc([C@H]2C(C#N)=C(N)Oc3n[nH]c(C)c32)cc1COc1ccc([N+](=O)[O-])c(C)c1. The highest BCUT2D eigenvalue weighted by Crippen LogP contribution is 2.43. The summed E-state index contributed by atoms with van der Waals surface area (Å²) in [4.78, 5) is 10.6. The van der Waals surface area contributed by atoms with Crippen molar-refractivity contribution in [1.29, 1.82) is 5.26 Å². The van der Waals surface area contributed by atoms with Gasteiger partial charge in [-0.1, -0.05) is 6.07 Å². The molecule has 0 fully saturated rings. The number of nitrogens with two attached hydrogens (primary N) is 1. The van der Waals surface area contributed by atoms with E-state index in [0.29, 0.717) is 22.9 Å². The van der Waals surface area contributed by atoms with Gasteiger partial charge in [-0.05, 0) is 43.7 Å². The van der Waals surface area contributed by atoms with Gasteiger partial charge in [0.25, 0.3) is 5.69 Å². The quantitative estimate of drug-likeness (QED) is 0.429. The molecule has 2 heterocycles. The van der Waals surface area contributed by atoms with Gasteiger partial charge in [-0.25, -0.2) is 0 Å². The molecule has 0 amide bonds.